The average Bonchev–Trinajstić information content (AvgIpc) is 2.26. The molecule has 0 saturated heterocycles. The van der Waals surface area contributed by atoms with Crippen LogP contribution < -0.4 is 5.32 Å². The minimum Gasteiger partial charge on any atom is -0.354 e. The molecule has 1 amide bonds. The average molecular weight is 217 g/mol. The van der Waals surface area contributed by atoms with Gasteiger partial charge >= 0.3 is 0 Å². The van der Waals surface area contributed by atoms with E-state index in [9.17, 15) is 4.79 Å². The Labute approximate surface area is 92.3 Å². The minimum atomic E-state index is -0.343. The molecule has 4 nitrogen and oxygen atoms in total. The molecular formula is C11H23NO3. The number of nitrogens with one attached hydrogen (secondary N) is 1. The summed E-state index contributed by atoms with van der Waals surface area (Å²) in [7, 11) is 3.11. The van der Waals surface area contributed by atoms with E-state index in [4.69, 9.17) is 9.47 Å². The third-order valence-electron chi connectivity index (χ3n) is 2.25. The first kappa shape index (κ1) is 14.4. The third kappa shape index (κ3) is 8.39. The van der Waals surface area contributed by atoms with Crippen LogP contribution in [-0.2, 0) is 14.3 Å². The predicted molar refractivity (Wildman–Crippen MR) is 59.6 cm³/mol. The lowest BCUT2D eigenvalue weighted by Crippen LogP contribution is -2.33. The molecule has 0 heterocycles. The molecule has 0 aliphatic carbocycles. The molecule has 0 spiro atoms. The Morgan fingerprint density at radius 1 is 1.20 bits per heavy atom. The Kier molecular flexibility index (Phi) is 9.52. The Bertz CT molecular complexity index is 158. The van der Waals surface area contributed by atoms with Gasteiger partial charge in [0.15, 0.2) is 6.29 Å². The second-order valence-electron chi connectivity index (χ2n) is 3.52. The normalized spacial score (nSPS) is 10.7. The summed E-state index contributed by atoms with van der Waals surface area (Å²) in [6.07, 6.45) is 4.74. The number of hydrogen-bond donors (Lipinski definition) is 1. The van der Waals surface area contributed by atoms with Gasteiger partial charge in [-0.1, -0.05) is 26.2 Å². The predicted octanol–water partition coefficient (Wildman–Crippen LogP) is 1.69. The fourth-order valence-electron chi connectivity index (χ4n) is 1.26. The van der Waals surface area contributed by atoms with Gasteiger partial charge in [-0.2, -0.15) is 0 Å². The second-order valence-corrected chi connectivity index (χ2v) is 3.52. The van der Waals surface area contributed by atoms with Crippen LogP contribution in [0.3, 0.4) is 0 Å². The molecule has 0 aromatic carbocycles. The number of hydrogen-bond acceptors (Lipinski definition) is 3. The lowest BCUT2D eigenvalue weighted by molar-refractivity contribution is -0.127. The van der Waals surface area contributed by atoms with Gasteiger partial charge in [-0.25, -0.2) is 0 Å². The van der Waals surface area contributed by atoms with Crippen molar-refractivity contribution in [2.75, 3.05) is 20.8 Å². The summed E-state index contributed by atoms with van der Waals surface area (Å²) in [5.41, 5.74) is 0. The van der Waals surface area contributed by atoms with Crippen LogP contribution in [0.1, 0.15) is 39.0 Å². The zero-order valence-electron chi connectivity index (χ0n) is 10.0. The van der Waals surface area contributed by atoms with E-state index in [-0.39, 0.29) is 12.2 Å². The molecular weight excluding hydrogens is 194 g/mol. The van der Waals surface area contributed by atoms with Crippen LogP contribution in [-0.4, -0.2) is 33.0 Å². The summed E-state index contributed by atoms with van der Waals surface area (Å²) in [6, 6.07) is 0. The quantitative estimate of drug-likeness (QED) is 0.472. The first-order chi connectivity index (χ1) is 7.24. The lowest BCUT2D eigenvalue weighted by atomic mass is 10.1. The highest BCUT2D eigenvalue weighted by molar-refractivity contribution is 5.75. The van der Waals surface area contributed by atoms with Crippen LogP contribution in [0.15, 0.2) is 0 Å². The highest BCUT2D eigenvalue weighted by Gasteiger charge is 2.07. The van der Waals surface area contributed by atoms with E-state index in [1.807, 2.05) is 0 Å². The fraction of sp³-hybridized carbons (Fsp3) is 0.909. The number of carbonyl (C=O) groups is 1. The molecule has 15 heavy (non-hydrogen) atoms. The van der Waals surface area contributed by atoms with Gasteiger partial charge in [-0.3, -0.25) is 4.79 Å². The molecule has 0 rings (SSSR count). The van der Waals surface area contributed by atoms with E-state index < -0.39 is 0 Å². The number of rotatable bonds is 9. The molecule has 1 N–H and O–H groups in total. The molecule has 90 valence electrons. The highest BCUT2D eigenvalue weighted by atomic mass is 16.7. The van der Waals surface area contributed by atoms with Crippen LogP contribution in [0.2, 0.25) is 0 Å². The zero-order chi connectivity index (χ0) is 11.5. The molecule has 0 saturated carbocycles. The van der Waals surface area contributed by atoms with Crippen LogP contribution in [0.25, 0.3) is 0 Å². The monoisotopic (exact) mass is 217 g/mol. The van der Waals surface area contributed by atoms with E-state index in [0.29, 0.717) is 13.0 Å². The fourth-order valence-corrected chi connectivity index (χ4v) is 1.26. The Morgan fingerprint density at radius 2 is 1.87 bits per heavy atom. The number of unbranched alkanes of at least 4 members (excludes halogenated alkanes) is 3. The molecule has 0 aromatic rings. The Hall–Kier alpha value is -0.610. The van der Waals surface area contributed by atoms with Crippen molar-refractivity contribution in [2.45, 2.75) is 45.3 Å². The summed E-state index contributed by atoms with van der Waals surface area (Å²) in [6.45, 7) is 2.57. The summed E-state index contributed by atoms with van der Waals surface area (Å²) in [5.74, 6) is 0.0743. The van der Waals surface area contributed by atoms with Crippen molar-refractivity contribution >= 4 is 5.91 Å². The Morgan fingerprint density at radius 3 is 2.40 bits per heavy atom. The maximum Gasteiger partial charge on any atom is 0.220 e. The minimum absolute atomic E-state index is 0.0743. The largest absolute Gasteiger partial charge is 0.354 e. The molecule has 0 unspecified atom stereocenters. The smallest absolute Gasteiger partial charge is 0.220 e. The van der Waals surface area contributed by atoms with Gasteiger partial charge < -0.3 is 14.8 Å². The van der Waals surface area contributed by atoms with Crippen molar-refractivity contribution < 1.29 is 14.3 Å². The summed E-state index contributed by atoms with van der Waals surface area (Å²) < 4.78 is 9.91. The van der Waals surface area contributed by atoms with E-state index in [1.54, 1.807) is 14.2 Å². The van der Waals surface area contributed by atoms with Crippen molar-refractivity contribution in [3.05, 3.63) is 0 Å². The first-order valence-corrected chi connectivity index (χ1v) is 5.56. The maximum atomic E-state index is 11.3. The standard InChI is InChI=1S/C11H23NO3/c1-4-5-6-7-8-10(13)12-9-11(14-2)15-3/h11H,4-9H2,1-3H3,(H,12,13). The first-order valence-electron chi connectivity index (χ1n) is 5.56. The van der Waals surface area contributed by atoms with Crippen LogP contribution in [0.4, 0.5) is 0 Å². The van der Waals surface area contributed by atoms with Gasteiger partial charge in [-0.15, -0.1) is 0 Å². The van der Waals surface area contributed by atoms with Gasteiger partial charge in [0.2, 0.25) is 5.91 Å². The summed E-state index contributed by atoms with van der Waals surface area (Å²) in [4.78, 5) is 11.3. The van der Waals surface area contributed by atoms with Crippen molar-refractivity contribution in [3.8, 4) is 0 Å². The van der Waals surface area contributed by atoms with Crippen molar-refractivity contribution in [1.29, 1.82) is 0 Å². The van der Waals surface area contributed by atoms with Crippen molar-refractivity contribution in [3.63, 3.8) is 0 Å². The Balaban J connectivity index is 3.40. The molecule has 0 aliphatic rings. The van der Waals surface area contributed by atoms with Crippen LogP contribution in [0, 0.1) is 0 Å². The van der Waals surface area contributed by atoms with Gasteiger partial charge in [0.05, 0.1) is 6.54 Å². The molecule has 0 bridgehead atoms. The molecule has 4 heteroatoms. The van der Waals surface area contributed by atoms with Crippen LogP contribution >= 0.6 is 0 Å². The van der Waals surface area contributed by atoms with Crippen molar-refractivity contribution in [2.24, 2.45) is 0 Å². The highest BCUT2D eigenvalue weighted by Crippen LogP contribution is 2.02. The molecule has 0 aliphatic heterocycles. The van der Waals surface area contributed by atoms with Gasteiger partial charge in [-0.05, 0) is 6.42 Å². The molecule has 0 radical (unpaired) electrons. The van der Waals surface area contributed by atoms with Crippen molar-refractivity contribution in [1.82, 2.24) is 5.32 Å². The molecule has 0 atom stereocenters. The maximum absolute atomic E-state index is 11.3. The van der Waals surface area contributed by atoms with Gasteiger partial charge in [0.25, 0.3) is 0 Å². The summed E-state index contributed by atoms with van der Waals surface area (Å²) >= 11 is 0. The third-order valence-corrected chi connectivity index (χ3v) is 2.25. The van der Waals surface area contributed by atoms with E-state index in [2.05, 4.69) is 12.2 Å². The number of ether oxygens (including phenoxy) is 2. The SMILES string of the molecule is CCCCCCC(=O)NCC(OC)OC. The molecule has 0 fully saturated rings. The topological polar surface area (TPSA) is 47.6 Å². The number of carbonyl (C=O) groups excluding carboxylic acids is 1. The van der Waals surface area contributed by atoms with E-state index in [0.717, 1.165) is 12.8 Å². The molecule has 0 aromatic heterocycles. The van der Waals surface area contributed by atoms with E-state index in [1.165, 1.54) is 12.8 Å². The van der Waals surface area contributed by atoms with Gasteiger partial charge in [0.1, 0.15) is 0 Å². The summed E-state index contributed by atoms with van der Waals surface area (Å²) in [5, 5.41) is 2.77. The van der Waals surface area contributed by atoms with E-state index >= 15 is 0 Å². The van der Waals surface area contributed by atoms with Crippen LogP contribution in [0.5, 0.6) is 0 Å². The lowest BCUT2D eigenvalue weighted by Gasteiger charge is -2.13. The number of amides is 1. The van der Waals surface area contributed by atoms with Gasteiger partial charge in [0, 0.05) is 20.6 Å². The second kappa shape index (κ2) is 9.93. The number of methoxy groups -OCH3 is 2. The zero-order valence-corrected chi connectivity index (χ0v) is 10.0.